The van der Waals surface area contributed by atoms with Crippen LogP contribution in [0.3, 0.4) is 0 Å². The highest BCUT2D eigenvalue weighted by molar-refractivity contribution is 5.38. The van der Waals surface area contributed by atoms with Gasteiger partial charge >= 0.3 is 0 Å². The number of rotatable bonds is 6. The van der Waals surface area contributed by atoms with Gasteiger partial charge in [-0.1, -0.05) is 18.2 Å². The summed E-state index contributed by atoms with van der Waals surface area (Å²) in [6, 6.07) is 12.1. The monoisotopic (exact) mass is 341 g/mol. The second-order valence-electron chi connectivity index (χ2n) is 6.71. The number of nitrogens with zero attached hydrogens (tertiary/aromatic N) is 3. The van der Waals surface area contributed by atoms with E-state index in [-0.39, 0.29) is 0 Å². The molecule has 1 aliphatic heterocycles. The summed E-state index contributed by atoms with van der Waals surface area (Å²) in [6.07, 6.45) is 1.34. The molecule has 0 amide bonds. The Morgan fingerprint density at radius 3 is 2.64 bits per heavy atom. The van der Waals surface area contributed by atoms with Crippen molar-refractivity contribution in [1.82, 2.24) is 9.88 Å². The van der Waals surface area contributed by atoms with Crippen LogP contribution in [0.5, 0.6) is 5.75 Å². The summed E-state index contributed by atoms with van der Waals surface area (Å²) in [5, 5.41) is 10.3. The van der Waals surface area contributed by atoms with Crippen LogP contribution < -0.4 is 9.64 Å². The number of aliphatic hydroxyl groups excluding tert-OH is 1. The van der Waals surface area contributed by atoms with E-state index >= 15 is 0 Å². The van der Waals surface area contributed by atoms with E-state index in [0.29, 0.717) is 13.2 Å². The minimum atomic E-state index is -0.485. The van der Waals surface area contributed by atoms with Gasteiger partial charge in [0, 0.05) is 38.9 Å². The summed E-state index contributed by atoms with van der Waals surface area (Å²) >= 11 is 0. The van der Waals surface area contributed by atoms with Crippen molar-refractivity contribution in [2.75, 3.05) is 44.2 Å². The number of β-amino-alcohol motifs (C(OH)–C–C–N with tert-alkyl or cyclic N) is 1. The molecule has 1 fully saturated rings. The molecular weight excluding hydrogens is 314 g/mol. The molecule has 1 N–H and O–H groups in total. The molecule has 0 bridgehead atoms. The van der Waals surface area contributed by atoms with Gasteiger partial charge in [-0.15, -0.1) is 0 Å². The van der Waals surface area contributed by atoms with Gasteiger partial charge < -0.3 is 14.7 Å². The molecule has 0 radical (unpaired) electrons. The molecule has 1 atom stereocenters. The highest BCUT2D eigenvalue weighted by atomic mass is 16.5. The van der Waals surface area contributed by atoms with Gasteiger partial charge in [0.15, 0.2) is 0 Å². The van der Waals surface area contributed by atoms with Gasteiger partial charge in [0.2, 0.25) is 0 Å². The third kappa shape index (κ3) is 4.94. The van der Waals surface area contributed by atoms with E-state index in [1.54, 1.807) is 0 Å². The number of piperazine rings is 1. The molecule has 0 saturated carbocycles. The van der Waals surface area contributed by atoms with Gasteiger partial charge in [-0.05, 0) is 43.2 Å². The van der Waals surface area contributed by atoms with Crippen molar-refractivity contribution in [1.29, 1.82) is 0 Å². The molecule has 5 nitrogen and oxygen atoms in total. The Morgan fingerprint density at radius 1 is 1.12 bits per heavy atom. The fourth-order valence-corrected chi connectivity index (χ4v) is 3.10. The maximum Gasteiger partial charge on any atom is 0.128 e. The predicted octanol–water partition coefficient (Wildman–Crippen LogP) is 2.26. The lowest BCUT2D eigenvalue weighted by atomic mass is 10.1. The molecule has 5 heteroatoms. The zero-order valence-corrected chi connectivity index (χ0v) is 15.1. The molecule has 2 heterocycles. The molecule has 25 heavy (non-hydrogen) atoms. The molecular formula is C20H27N3O2. The molecule has 0 spiro atoms. The molecule has 1 aliphatic rings. The highest BCUT2D eigenvalue weighted by Gasteiger charge is 2.20. The van der Waals surface area contributed by atoms with Crippen molar-refractivity contribution >= 4 is 5.82 Å². The smallest absolute Gasteiger partial charge is 0.128 e. The summed E-state index contributed by atoms with van der Waals surface area (Å²) in [7, 11) is 0. The first-order valence-corrected chi connectivity index (χ1v) is 8.88. The predicted molar refractivity (Wildman–Crippen MR) is 100 cm³/mol. The Hall–Kier alpha value is -2.11. The van der Waals surface area contributed by atoms with E-state index in [9.17, 15) is 5.11 Å². The van der Waals surface area contributed by atoms with Crippen LogP contribution in [0, 0.1) is 13.8 Å². The largest absolute Gasteiger partial charge is 0.491 e. The van der Waals surface area contributed by atoms with Crippen molar-refractivity contribution in [3.05, 3.63) is 53.7 Å². The molecule has 134 valence electrons. The Balaban J connectivity index is 1.43. The van der Waals surface area contributed by atoms with E-state index < -0.39 is 6.10 Å². The molecule has 3 rings (SSSR count). The lowest BCUT2D eigenvalue weighted by Crippen LogP contribution is -2.49. The normalized spacial score (nSPS) is 16.7. The average Bonchev–Trinajstić information content (AvgIpc) is 2.64. The molecule has 1 aromatic carbocycles. The zero-order chi connectivity index (χ0) is 17.6. The van der Waals surface area contributed by atoms with Crippen LogP contribution in [0.25, 0.3) is 0 Å². The SMILES string of the molecule is Cc1ccc(C)c(OC[C@@H](O)CN2CCN(c3ccccn3)CC2)c1. The van der Waals surface area contributed by atoms with Crippen molar-refractivity contribution < 1.29 is 9.84 Å². The van der Waals surface area contributed by atoms with Gasteiger partial charge in [-0.2, -0.15) is 0 Å². The van der Waals surface area contributed by atoms with Gasteiger partial charge in [-0.3, -0.25) is 4.90 Å². The first-order chi connectivity index (χ1) is 12.1. The van der Waals surface area contributed by atoms with E-state index in [1.165, 1.54) is 5.56 Å². The van der Waals surface area contributed by atoms with Crippen molar-refractivity contribution in [2.24, 2.45) is 0 Å². The van der Waals surface area contributed by atoms with Gasteiger partial charge in [0.1, 0.15) is 24.3 Å². The second kappa shape index (κ2) is 8.32. The molecule has 2 aromatic rings. The quantitative estimate of drug-likeness (QED) is 0.873. The first-order valence-electron chi connectivity index (χ1n) is 8.88. The third-order valence-corrected chi connectivity index (χ3v) is 4.59. The van der Waals surface area contributed by atoms with Crippen LogP contribution in [0.15, 0.2) is 42.6 Å². The maximum atomic E-state index is 10.3. The summed E-state index contributed by atoms with van der Waals surface area (Å²) in [5.41, 5.74) is 2.27. The lowest BCUT2D eigenvalue weighted by molar-refractivity contribution is 0.0660. The minimum absolute atomic E-state index is 0.324. The fourth-order valence-electron chi connectivity index (χ4n) is 3.10. The maximum absolute atomic E-state index is 10.3. The zero-order valence-electron chi connectivity index (χ0n) is 15.1. The van der Waals surface area contributed by atoms with Crippen LogP contribution in [0.4, 0.5) is 5.82 Å². The van der Waals surface area contributed by atoms with Crippen molar-refractivity contribution in [2.45, 2.75) is 20.0 Å². The van der Waals surface area contributed by atoms with Crippen LogP contribution in [-0.2, 0) is 0 Å². The van der Waals surface area contributed by atoms with Gasteiger partial charge in [0.05, 0.1) is 0 Å². The second-order valence-corrected chi connectivity index (χ2v) is 6.71. The van der Waals surface area contributed by atoms with Crippen LogP contribution >= 0.6 is 0 Å². The number of hydrogen-bond donors (Lipinski definition) is 1. The Morgan fingerprint density at radius 2 is 1.92 bits per heavy atom. The van der Waals surface area contributed by atoms with E-state index in [2.05, 4.69) is 20.9 Å². The molecule has 0 unspecified atom stereocenters. The number of aromatic nitrogens is 1. The number of benzene rings is 1. The molecule has 1 aromatic heterocycles. The Kier molecular flexibility index (Phi) is 5.89. The van der Waals surface area contributed by atoms with E-state index in [1.807, 2.05) is 50.4 Å². The van der Waals surface area contributed by atoms with Crippen LogP contribution in [-0.4, -0.2) is 60.4 Å². The molecule has 1 saturated heterocycles. The molecule has 0 aliphatic carbocycles. The average molecular weight is 341 g/mol. The summed E-state index contributed by atoms with van der Waals surface area (Å²) in [4.78, 5) is 8.98. The minimum Gasteiger partial charge on any atom is -0.491 e. The fraction of sp³-hybridized carbons (Fsp3) is 0.450. The standard InChI is InChI=1S/C20H27N3O2/c1-16-6-7-17(2)19(13-16)25-15-18(24)14-22-9-11-23(12-10-22)20-5-3-4-8-21-20/h3-8,13,18,24H,9-12,14-15H2,1-2H3/t18-/m0/s1. The third-order valence-electron chi connectivity index (χ3n) is 4.59. The number of pyridine rings is 1. The Bertz CT molecular complexity index is 670. The summed E-state index contributed by atoms with van der Waals surface area (Å²) < 4.78 is 5.81. The van der Waals surface area contributed by atoms with Gasteiger partial charge in [0.25, 0.3) is 0 Å². The highest BCUT2D eigenvalue weighted by Crippen LogP contribution is 2.19. The number of aryl methyl sites for hydroxylation is 2. The first kappa shape index (κ1) is 17.7. The topological polar surface area (TPSA) is 48.8 Å². The van der Waals surface area contributed by atoms with E-state index in [4.69, 9.17) is 4.74 Å². The lowest BCUT2D eigenvalue weighted by Gasteiger charge is -2.36. The number of aliphatic hydroxyl groups is 1. The van der Waals surface area contributed by atoms with Crippen molar-refractivity contribution in [3.8, 4) is 5.75 Å². The summed E-state index contributed by atoms with van der Waals surface area (Å²) in [6.45, 7) is 8.75. The Labute approximate surface area is 149 Å². The van der Waals surface area contributed by atoms with Crippen LogP contribution in [0.1, 0.15) is 11.1 Å². The van der Waals surface area contributed by atoms with Crippen molar-refractivity contribution in [3.63, 3.8) is 0 Å². The number of ether oxygens (including phenoxy) is 1. The van der Waals surface area contributed by atoms with Gasteiger partial charge in [-0.25, -0.2) is 4.98 Å². The van der Waals surface area contributed by atoms with E-state index in [0.717, 1.165) is 43.3 Å². The number of anilines is 1. The van der Waals surface area contributed by atoms with Crippen LogP contribution in [0.2, 0.25) is 0 Å². The number of hydrogen-bond acceptors (Lipinski definition) is 5. The summed E-state index contributed by atoms with van der Waals surface area (Å²) in [5.74, 6) is 1.89.